The lowest BCUT2D eigenvalue weighted by Gasteiger charge is -2.21. The van der Waals surface area contributed by atoms with Crippen LogP contribution in [0.25, 0.3) is 0 Å². The summed E-state index contributed by atoms with van der Waals surface area (Å²) in [6.45, 7) is 2.01. The fourth-order valence-electron chi connectivity index (χ4n) is 2.56. The van der Waals surface area contributed by atoms with Gasteiger partial charge in [-0.3, -0.25) is 14.9 Å². The number of nitrogens with zero attached hydrogens (tertiary/aromatic N) is 2. The third kappa shape index (κ3) is 5.09. The summed E-state index contributed by atoms with van der Waals surface area (Å²) in [5.74, 6) is -0.264. The smallest absolute Gasteiger partial charge is 0.311 e. The predicted molar refractivity (Wildman–Crippen MR) is 99.2 cm³/mol. The second kappa shape index (κ2) is 9.54. The predicted octanol–water partition coefficient (Wildman–Crippen LogP) is 3.18. The van der Waals surface area contributed by atoms with Gasteiger partial charge in [0.2, 0.25) is 5.75 Å². The second-order valence-electron chi connectivity index (χ2n) is 5.76. The number of rotatable bonds is 9. The Morgan fingerprint density at radius 2 is 1.82 bits per heavy atom. The van der Waals surface area contributed by atoms with Crippen molar-refractivity contribution < 1.29 is 28.3 Å². The summed E-state index contributed by atoms with van der Waals surface area (Å²) in [5.41, 5.74) is 0.404. The van der Waals surface area contributed by atoms with Gasteiger partial charge in [-0.1, -0.05) is 6.07 Å². The maximum Gasteiger partial charge on any atom is 0.311 e. The number of hydrogen-bond donors (Lipinski definition) is 0. The molecule has 0 aliphatic rings. The van der Waals surface area contributed by atoms with E-state index in [4.69, 9.17) is 14.2 Å². The zero-order valence-corrected chi connectivity index (χ0v) is 15.8. The van der Waals surface area contributed by atoms with Crippen LogP contribution in [0.4, 0.5) is 10.1 Å². The molecule has 0 bridgehead atoms. The number of ether oxygens (including phenoxy) is 3. The molecule has 0 atom stereocenters. The van der Waals surface area contributed by atoms with Crippen molar-refractivity contribution in [2.75, 3.05) is 27.4 Å². The zero-order valence-electron chi connectivity index (χ0n) is 15.8. The Hall–Kier alpha value is -3.36. The van der Waals surface area contributed by atoms with Gasteiger partial charge in [-0.25, -0.2) is 4.39 Å². The van der Waals surface area contributed by atoms with Gasteiger partial charge in [0.25, 0.3) is 5.91 Å². The average molecular weight is 392 g/mol. The summed E-state index contributed by atoms with van der Waals surface area (Å²) < 4.78 is 29.0. The molecule has 8 nitrogen and oxygen atoms in total. The van der Waals surface area contributed by atoms with Crippen LogP contribution >= 0.6 is 0 Å². The monoisotopic (exact) mass is 392 g/mol. The van der Waals surface area contributed by atoms with Crippen molar-refractivity contribution in [3.8, 4) is 17.2 Å². The highest BCUT2D eigenvalue weighted by molar-refractivity contribution is 5.78. The fourth-order valence-corrected chi connectivity index (χ4v) is 2.56. The number of likely N-dealkylation sites (N-methyl/N-ethyl adjacent to an activating group) is 1. The van der Waals surface area contributed by atoms with Gasteiger partial charge in [0, 0.05) is 25.2 Å². The molecule has 0 aliphatic heterocycles. The Kier molecular flexibility index (Phi) is 7.14. The number of amides is 1. The third-order valence-corrected chi connectivity index (χ3v) is 4.03. The Balaban J connectivity index is 2.08. The number of halogens is 1. The summed E-state index contributed by atoms with van der Waals surface area (Å²) in [4.78, 5) is 24.3. The lowest BCUT2D eigenvalue weighted by molar-refractivity contribution is -0.385. The van der Waals surface area contributed by atoms with E-state index in [1.54, 1.807) is 25.1 Å². The highest BCUT2D eigenvalue weighted by Gasteiger charge is 2.19. The van der Waals surface area contributed by atoms with E-state index in [1.807, 2.05) is 0 Å². The van der Waals surface area contributed by atoms with Gasteiger partial charge in [-0.2, -0.15) is 0 Å². The van der Waals surface area contributed by atoms with Gasteiger partial charge in [0.15, 0.2) is 18.1 Å². The van der Waals surface area contributed by atoms with E-state index >= 15 is 0 Å². The summed E-state index contributed by atoms with van der Waals surface area (Å²) in [5, 5.41) is 11.0. The Bertz CT molecular complexity index is 858. The van der Waals surface area contributed by atoms with Gasteiger partial charge in [0.05, 0.1) is 19.1 Å². The maximum atomic E-state index is 13.4. The van der Waals surface area contributed by atoms with Gasteiger partial charge in [-0.05, 0) is 30.7 Å². The molecule has 0 unspecified atom stereocenters. The molecule has 9 heteroatoms. The number of carbonyl (C=O) groups excluding carboxylic acids is 1. The van der Waals surface area contributed by atoms with E-state index in [0.29, 0.717) is 18.0 Å². The van der Waals surface area contributed by atoms with Gasteiger partial charge in [-0.15, -0.1) is 0 Å². The first kappa shape index (κ1) is 20.9. The minimum atomic E-state index is -0.694. The fraction of sp³-hybridized carbons (Fsp3) is 0.316. The van der Waals surface area contributed by atoms with Crippen LogP contribution in [0, 0.1) is 15.9 Å². The SMILES string of the molecule is CCN(Cc1ccc(OC)c(OC)c1)C(=O)COc1cc(F)ccc1[N+](=O)[O-]. The van der Waals surface area contributed by atoms with E-state index in [-0.39, 0.29) is 12.3 Å². The standard InChI is InChI=1S/C19H21FN2O6/c1-4-21(11-13-5-8-16(26-2)18(9-13)27-3)19(23)12-28-17-10-14(20)6-7-15(17)22(24)25/h5-10H,4,11-12H2,1-3H3. The first-order chi connectivity index (χ1) is 13.4. The van der Waals surface area contributed by atoms with Crippen molar-refractivity contribution in [2.24, 2.45) is 0 Å². The highest BCUT2D eigenvalue weighted by atomic mass is 19.1. The Morgan fingerprint density at radius 3 is 2.43 bits per heavy atom. The van der Waals surface area contributed by atoms with Crippen molar-refractivity contribution in [3.63, 3.8) is 0 Å². The maximum absolute atomic E-state index is 13.4. The minimum absolute atomic E-state index is 0.282. The average Bonchev–Trinajstić information content (AvgIpc) is 2.69. The number of nitro groups is 1. The Morgan fingerprint density at radius 1 is 1.11 bits per heavy atom. The van der Waals surface area contributed by atoms with Crippen molar-refractivity contribution in [2.45, 2.75) is 13.5 Å². The number of carbonyl (C=O) groups is 1. The Labute approximate surface area is 161 Å². The molecule has 150 valence electrons. The van der Waals surface area contributed by atoms with Crippen LogP contribution in [0.15, 0.2) is 36.4 Å². The molecule has 0 N–H and O–H groups in total. The molecule has 0 fully saturated rings. The van der Waals surface area contributed by atoms with Gasteiger partial charge in [0.1, 0.15) is 5.82 Å². The first-order valence-electron chi connectivity index (χ1n) is 8.45. The van der Waals surface area contributed by atoms with Crippen LogP contribution in [0.5, 0.6) is 17.2 Å². The molecular formula is C19H21FN2O6. The van der Waals surface area contributed by atoms with Crippen molar-refractivity contribution >= 4 is 11.6 Å². The van der Waals surface area contributed by atoms with E-state index in [0.717, 1.165) is 23.8 Å². The van der Waals surface area contributed by atoms with Crippen LogP contribution in [0.2, 0.25) is 0 Å². The van der Waals surface area contributed by atoms with Crippen LogP contribution < -0.4 is 14.2 Å². The molecule has 0 radical (unpaired) electrons. The van der Waals surface area contributed by atoms with Crippen LogP contribution in [-0.2, 0) is 11.3 Å². The second-order valence-corrected chi connectivity index (χ2v) is 5.76. The molecule has 2 aromatic rings. The van der Waals surface area contributed by atoms with Gasteiger partial charge >= 0.3 is 5.69 Å². The molecule has 0 heterocycles. The summed E-state index contributed by atoms with van der Waals surface area (Å²) >= 11 is 0. The van der Waals surface area contributed by atoms with Crippen molar-refractivity contribution in [1.29, 1.82) is 0 Å². The first-order valence-corrected chi connectivity index (χ1v) is 8.45. The molecule has 0 aliphatic carbocycles. The number of nitro benzene ring substituents is 1. The summed E-state index contributed by atoms with van der Waals surface area (Å²) in [6, 6.07) is 8.14. The van der Waals surface area contributed by atoms with E-state index < -0.39 is 28.9 Å². The molecular weight excluding hydrogens is 371 g/mol. The van der Waals surface area contributed by atoms with Crippen LogP contribution in [-0.4, -0.2) is 43.1 Å². The number of methoxy groups -OCH3 is 2. The molecule has 2 rings (SSSR count). The summed E-state index contributed by atoms with van der Waals surface area (Å²) in [7, 11) is 3.05. The molecule has 2 aromatic carbocycles. The van der Waals surface area contributed by atoms with Gasteiger partial charge < -0.3 is 19.1 Å². The molecule has 28 heavy (non-hydrogen) atoms. The zero-order chi connectivity index (χ0) is 20.7. The largest absolute Gasteiger partial charge is 0.493 e. The van der Waals surface area contributed by atoms with Crippen LogP contribution in [0.3, 0.4) is 0 Å². The third-order valence-electron chi connectivity index (χ3n) is 4.03. The normalized spacial score (nSPS) is 10.3. The van der Waals surface area contributed by atoms with E-state index in [1.165, 1.54) is 19.1 Å². The number of hydrogen-bond acceptors (Lipinski definition) is 6. The minimum Gasteiger partial charge on any atom is -0.493 e. The van der Waals surface area contributed by atoms with Crippen molar-refractivity contribution in [1.82, 2.24) is 4.90 Å². The quantitative estimate of drug-likeness (QED) is 0.481. The molecule has 0 spiro atoms. The topological polar surface area (TPSA) is 91.1 Å². The molecule has 0 saturated carbocycles. The number of benzene rings is 2. The summed E-state index contributed by atoms with van der Waals surface area (Å²) in [6.07, 6.45) is 0. The van der Waals surface area contributed by atoms with Crippen LogP contribution in [0.1, 0.15) is 12.5 Å². The molecule has 1 amide bonds. The lowest BCUT2D eigenvalue weighted by atomic mass is 10.2. The highest BCUT2D eigenvalue weighted by Crippen LogP contribution is 2.29. The van der Waals surface area contributed by atoms with E-state index in [2.05, 4.69) is 0 Å². The molecule has 0 aromatic heterocycles. The molecule has 0 saturated heterocycles. The lowest BCUT2D eigenvalue weighted by Crippen LogP contribution is -2.34. The van der Waals surface area contributed by atoms with E-state index in [9.17, 15) is 19.3 Å². The van der Waals surface area contributed by atoms with Crippen molar-refractivity contribution in [3.05, 3.63) is 57.9 Å².